The van der Waals surface area contributed by atoms with Gasteiger partial charge in [0.2, 0.25) is 0 Å². The molecule has 2 aliphatic rings. The molecule has 160 valence electrons. The molecule has 5 N–H and O–H groups in total. The average Bonchev–Trinajstić information content (AvgIpc) is 3.21. The highest BCUT2D eigenvalue weighted by molar-refractivity contribution is 6.45. The van der Waals surface area contributed by atoms with Crippen LogP contribution in [-0.4, -0.2) is 62.8 Å². The maximum absolute atomic E-state index is 12.7. The Labute approximate surface area is 175 Å². The van der Waals surface area contributed by atoms with Crippen molar-refractivity contribution in [3.63, 3.8) is 0 Å². The number of hydrogen-bond acceptors (Lipinski definition) is 6. The van der Waals surface area contributed by atoms with E-state index in [1.54, 1.807) is 18.3 Å². The highest BCUT2D eigenvalue weighted by Gasteiger charge is 2.39. The van der Waals surface area contributed by atoms with Crippen molar-refractivity contribution < 1.29 is 14.7 Å². The smallest absolute Gasteiger partial charge is 0.290 e. The summed E-state index contributed by atoms with van der Waals surface area (Å²) in [5, 5.41) is 18.4. The van der Waals surface area contributed by atoms with Gasteiger partial charge in [0, 0.05) is 54.4 Å². The number of fused-ring (bicyclic) bond motifs is 2. The minimum Gasteiger partial charge on any atom is -0.483 e. The quantitative estimate of drug-likeness (QED) is 0.341. The van der Waals surface area contributed by atoms with Crippen LogP contribution in [0.5, 0.6) is 0 Å². The van der Waals surface area contributed by atoms with Gasteiger partial charge in [-0.25, -0.2) is 4.98 Å². The largest absolute Gasteiger partial charge is 0.483 e. The molecule has 2 atom stereocenters. The second-order valence-electron chi connectivity index (χ2n) is 7.84. The van der Waals surface area contributed by atoms with E-state index in [9.17, 15) is 4.79 Å². The highest BCUT2D eigenvalue weighted by atomic mass is 16.3. The van der Waals surface area contributed by atoms with Crippen LogP contribution in [0.25, 0.3) is 11.4 Å². The van der Waals surface area contributed by atoms with E-state index in [0.717, 1.165) is 24.2 Å². The zero-order valence-electron chi connectivity index (χ0n) is 17.2. The molecule has 1 aromatic heterocycles. The topological polar surface area (TPSA) is 137 Å². The SMILES string of the molecule is CN1C2CCC1CC(NC(=O)C(=N)c1cc(-c3nccn3C)ccc1N)C2.O=CO. The van der Waals surface area contributed by atoms with E-state index in [0.29, 0.717) is 23.3 Å². The Morgan fingerprint density at radius 1 is 1.30 bits per heavy atom. The zero-order valence-corrected chi connectivity index (χ0v) is 17.2. The number of benzene rings is 1. The van der Waals surface area contributed by atoms with Gasteiger partial charge in [0.15, 0.2) is 0 Å². The highest BCUT2D eigenvalue weighted by Crippen LogP contribution is 2.34. The Kier molecular flexibility index (Phi) is 6.51. The Hall–Kier alpha value is -3.20. The van der Waals surface area contributed by atoms with E-state index in [-0.39, 0.29) is 24.1 Å². The van der Waals surface area contributed by atoms with Gasteiger partial charge in [-0.1, -0.05) is 0 Å². The first kappa shape index (κ1) is 21.5. The molecule has 9 nitrogen and oxygen atoms in total. The van der Waals surface area contributed by atoms with Crippen LogP contribution in [0.3, 0.4) is 0 Å². The fourth-order valence-corrected chi connectivity index (χ4v) is 4.46. The summed E-state index contributed by atoms with van der Waals surface area (Å²) >= 11 is 0. The number of carboxylic acid groups (broad SMARTS) is 1. The Morgan fingerprint density at radius 3 is 2.50 bits per heavy atom. The van der Waals surface area contributed by atoms with Crippen molar-refractivity contribution in [2.75, 3.05) is 12.8 Å². The number of hydrogen-bond donors (Lipinski definition) is 4. The molecule has 2 bridgehead atoms. The molecule has 3 heterocycles. The van der Waals surface area contributed by atoms with Gasteiger partial charge >= 0.3 is 0 Å². The maximum atomic E-state index is 12.7. The van der Waals surface area contributed by atoms with E-state index in [1.807, 2.05) is 23.9 Å². The van der Waals surface area contributed by atoms with Gasteiger partial charge in [0.25, 0.3) is 12.4 Å². The summed E-state index contributed by atoms with van der Waals surface area (Å²) in [6.45, 7) is -0.250. The van der Waals surface area contributed by atoms with Crippen molar-refractivity contribution >= 4 is 23.8 Å². The molecule has 9 heteroatoms. The van der Waals surface area contributed by atoms with Crippen LogP contribution >= 0.6 is 0 Å². The number of nitrogens with zero attached hydrogens (tertiary/aromatic N) is 3. The minimum atomic E-state index is -0.354. The number of imidazole rings is 1. The van der Waals surface area contributed by atoms with Crippen LogP contribution in [0.4, 0.5) is 5.69 Å². The van der Waals surface area contributed by atoms with Crippen LogP contribution in [-0.2, 0) is 16.6 Å². The zero-order chi connectivity index (χ0) is 21.8. The lowest BCUT2D eigenvalue weighted by Gasteiger charge is -2.36. The predicted molar refractivity (Wildman–Crippen MR) is 114 cm³/mol. The predicted octanol–water partition coefficient (Wildman–Crippen LogP) is 1.48. The molecule has 0 saturated carbocycles. The number of carbonyl (C=O) groups is 2. The van der Waals surface area contributed by atoms with Gasteiger partial charge in [-0.05, 0) is 50.9 Å². The summed E-state index contributed by atoms with van der Waals surface area (Å²) in [5.41, 5.74) is 7.69. The molecule has 2 fully saturated rings. The standard InChI is InChI=1S/C20H26N6O.CH2O2/c1-25-8-7-23-19(25)12-3-6-17(21)16(9-12)18(22)20(27)24-13-10-14-4-5-15(11-13)26(14)2;2-1-3/h3,6-9,13-15,22H,4-5,10-11,21H2,1-2H3,(H,24,27);1H,(H,2,3). The van der Waals surface area contributed by atoms with E-state index in [2.05, 4.69) is 22.2 Å². The second kappa shape index (κ2) is 9.08. The first-order valence-electron chi connectivity index (χ1n) is 9.92. The van der Waals surface area contributed by atoms with E-state index in [1.165, 1.54) is 12.8 Å². The lowest BCUT2D eigenvalue weighted by Crippen LogP contribution is -2.50. The van der Waals surface area contributed by atoms with Crippen molar-refractivity contribution in [1.82, 2.24) is 19.8 Å². The Balaban J connectivity index is 0.000000806. The number of amides is 1. The third kappa shape index (κ3) is 4.35. The van der Waals surface area contributed by atoms with Crippen LogP contribution in [0.15, 0.2) is 30.6 Å². The first-order valence-corrected chi connectivity index (χ1v) is 9.92. The number of aryl methyl sites for hydroxylation is 1. The van der Waals surface area contributed by atoms with Crippen LogP contribution in [0, 0.1) is 5.41 Å². The number of anilines is 1. The molecular weight excluding hydrogens is 384 g/mol. The summed E-state index contributed by atoms with van der Waals surface area (Å²) < 4.78 is 1.90. The molecule has 2 aromatic rings. The molecular formula is C21H28N6O3. The van der Waals surface area contributed by atoms with E-state index < -0.39 is 0 Å². The van der Waals surface area contributed by atoms with Crippen molar-refractivity contribution in [2.45, 2.75) is 43.8 Å². The molecule has 0 spiro atoms. The third-order valence-corrected chi connectivity index (χ3v) is 6.06. The van der Waals surface area contributed by atoms with Crippen LogP contribution in [0.1, 0.15) is 31.2 Å². The van der Waals surface area contributed by atoms with Crippen molar-refractivity contribution in [1.29, 1.82) is 5.41 Å². The molecule has 2 saturated heterocycles. The number of carbonyl (C=O) groups excluding carboxylic acids is 1. The fraction of sp³-hybridized carbons (Fsp3) is 0.429. The lowest BCUT2D eigenvalue weighted by molar-refractivity contribution is -0.123. The number of aromatic nitrogens is 2. The Bertz CT molecular complexity index is 927. The number of nitrogens with two attached hydrogens (primary N) is 1. The summed E-state index contributed by atoms with van der Waals surface area (Å²) in [6.07, 6.45) is 7.88. The summed E-state index contributed by atoms with van der Waals surface area (Å²) in [6, 6.07) is 6.58. The number of rotatable bonds is 4. The number of nitrogens with one attached hydrogen (secondary N) is 2. The molecule has 2 aliphatic heterocycles. The fourth-order valence-electron chi connectivity index (χ4n) is 4.46. The molecule has 0 radical (unpaired) electrons. The second-order valence-corrected chi connectivity index (χ2v) is 7.84. The van der Waals surface area contributed by atoms with Gasteiger partial charge in [-0.2, -0.15) is 0 Å². The lowest BCUT2D eigenvalue weighted by atomic mass is 9.97. The third-order valence-electron chi connectivity index (χ3n) is 6.06. The average molecular weight is 412 g/mol. The van der Waals surface area contributed by atoms with E-state index >= 15 is 0 Å². The maximum Gasteiger partial charge on any atom is 0.290 e. The van der Waals surface area contributed by atoms with Gasteiger partial charge in [0.1, 0.15) is 11.5 Å². The molecule has 0 aliphatic carbocycles. The first-order chi connectivity index (χ1) is 14.3. The van der Waals surface area contributed by atoms with Gasteiger partial charge in [0.05, 0.1) is 0 Å². The van der Waals surface area contributed by atoms with Gasteiger partial charge in [-0.3, -0.25) is 15.0 Å². The molecule has 1 aromatic carbocycles. The monoisotopic (exact) mass is 412 g/mol. The van der Waals surface area contributed by atoms with Crippen LogP contribution in [0.2, 0.25) is 0 Å². The molecule has 2 unspecified atom stereocenters. The van der Waals surface area contributed by atoms with Crippen LogP contribution < -0.4 is 11.1 Å². The van der Waals surface area contributed by atoms with Crippen molar-refractivity contribution in [3.8, 4) is 11.4 Å². The summed E-state index contributed by atoms with van der Waals surface area (Å²) in [4.78, 5) is 27.8. The van der Waals surface area contributed by atoms with Gasteiger partial charge < -0.3 is 25.6 Å². The minimum absolute atomic E-state index is 0.0881. The molecule has 1 amide bonds. The number of nitrogen functional groups attached to an aromatic ring is 1. The summed E-state index contributed by atoms with van der Waals surface area (Å²) in [7, 11) is 4.08. The van der Waals surface area contributed by atoms with Gasteiger partial charge in [-0.15, -0.1) is 0 Å². The normalized spacial score (nSPS) is 22.7. The number of piperidine rings is 1. The van der Waals surface area contributed by atoms with E-state index in [4.69, 9.17) is 21.0 Å². The molecule has 30 heavy (non-hydrogen) atoms. The Morgan fingerprint density at radius 2 is 1.93 bits per heavy atom. The van der Waals surface area contributed by atoms with Crippen molar-refractivity contribution in [3.05, 3.63) is 36.2 Å². The molecule has 4 rings (SSSR count). The summed E-state index contributed by atoms with van der Waals surface area (Å²) in [5.74, 6) is 0.420. The van der Waals surface area contributed by atoms with Crippen molar-refractivity contribution in [2.24, 2.45) is 7.05 Å².